The van der Waals surface area contributed by atoms with Crippen molar-refractivity contribution in [2.24, 2.45) is 17.3 Å². The van der Waals surface area contributed by atoms with Crippen molar-refractivity contribution in [3.05, 3.63) is 0 Å². The SMILES string of the molecule is CCOC1CC(NC(C2CC2)C2CC2)C12CCC2. The van der Waals surface area contributed by atoms with Crippen LogP contribution in [0, 0.1) is 17.3 Å². The molecule has 0 heterocycles. The summed E-state index contributed by atoms with van der Waals surface area (Å²) in [6.07, 6.45) is 12.1. The third-order valence-corrected chi connectivity index (χ3v) is 6.09. The van der Waals surface area contributed by atoms with Crippen LogP contribution in [-0.2, 0) is 4.74 Å². The summed E-state index contributed by atoms with van der Waals surface area (Å²) in [4.78, 5) is 0. The molecule has 0 aromatic heterocycles. The summed E-state index contributed by atoms with van der Waals surface area (Å²) in [5.74, 6) is 2.06. The van der Waals surface area contributed by atoms with Crippen LogP contribution in [0.2, 0.25) is 0 Å². The maximum absolute atomic E-state index is 5.96. The molecule has 2 unspecified atom stereocenters. The zero-order chi connectivity index (χ0) is 12.2. The third-order valence-electron chi connectivity index (χ3n) is 6.09. The molecule has 4 saturated carbocycles. The van der Waals surface area contributed by atoms with Crippen molar-refractivity contribution in [3.8, 4) is 0 Å². The molecule has 2 atom stereocenters. The van der Waals surface area contributed by atoms with E-state index in [1.807, 2.05) is 0 Å². The summed E-state index contributed by atoms with van der Waals surface area (Å²) in [6, 6.07) is 1.66. The van der Waals surface area contributed by atoms with Gasteiger partial charge in [-0.1, -0.05) is 6.42 Å². The van der Waals surface area contributed by atoms with Gasteiger partial charge in [-0.25, -0.2) is 0 Å². The van der Waals surface area contributed by atoms with Crippen molar-refractivity contribution < 1.29 is 4.74 Å². The van der Waals surface area contributed by atoms with E-state index in [0.717, 1.165) is 30.5 Å². The Labute approximate surface area is 111 Å². The van der Waals surface area contributed by atoms with Gasteiger partial charge in [-0.2, -0.15) is 0 Å². The van der Waals surface area contributed by atoms with Gasteiger partial charge in [0.2, 0.25) is 0 Å². The molecule has 0 bridgehead atoms. The minimum atomic E-state index is 0.554. The Morgan fingerprint density at radius 3 is 2.28 bits per heavy atom. The van der Waals surface area contributed by atoms with E-state index in [9.17, 15) is 0 Å². The van der Waals surface area contributed by atoms with E-state index in [2.05, 4.69) is 12.2 Å². The zero-order valence-corrected chi connectivity index (χ0v) is 11.7. The minimum Gasteiger partial charge on any atom is -0.378 e. The third kappa shape index (κ3) is 1.76. The molecule has 0 amide bonds. The standard InChI is InChI=1S/C16H27NO/c1-2-18-14-10-13(16(14)8-3-9-16)17-15(11-4-5-11)12-6-7-12/h11-15,17H,2-10H2,1H3. The van der Waals surface area contributed by atoms with Crippen LogP contribution in [0.4, 0.5) is 0 Å². The zero-order valence-electron chi connectivity index (χ0n) is 11.7. The van der Waals surface area contributed by atoms with Gasteiger partial charge in [0.25, 0.3) is 0 Å². The van der Waals surface area contributed by atoms with Gasteiger partial charge in [-0.15, -0.1) is 0 Å². The molecule has 4 fully saturated rings. The Bertz CT molecular complexity index is 305. The second-order valence-corrected chi connectivity index (χ2v) is 7.19. The van der Waals surface area contributed by atoms with Crippen LogP contribution in [0.3, 0.4) is 0 Å². The van der Waals surface area contributed by atoms with Crippen LogP contribution in [-0.4, -0.2) is 24.8 Å². The average Bonchev–Trinajstić information content (AvgIpc) is 3.12. The quantitative estimate of drug-likeness (QED) is 0.781. The Balaban J connectivity index is 1.39. The molecule has 102 valence electrons. The van der Waals surface area contributed by atoms with Gasteiger partial charge in [-0.3, -0.25) is 0 Å². The van der Waals surface area contributed by atoms with Crippen molar-refractivity contribution in [2.75, 3.05) is 6.61 Å². The lowest BCUT2D eigenvalue weighted by Gasteiger charge is -2.62. The van der Waals surface area contributed by atoms with E-state index in [1.165, 1.54) is 51.4 Å². The highest BCUT2D eigenvalue weighted by Gasteiger charge is 2.60. The smallest absolute Gasteiger partial charge is 0.0661 e. The molecule has 1 spiro atoms. The van der Waals surface area contributed by atoms with Crippen molar-refractivity contribution in [2.45, 2.75) is 76.5 Å². The molecular weight excluding hydrogens is 222 g/mol. The van der Waals surface area contributed by atoms with Crippen molar-refractivity contribution in [3.63, 3.8) is 0 Å². The molecule has 0 aromatic rings. The van der Waals surface area contributed by atoms with Gasteiger partial charge in [0.15, 0.2) is 0 Å². The van der Waals surface area contributed by atoms with Crippen LogP contribution in [0.15, 0.2) is 0 Å². The topological polar surface area (TPSA) is 21.3 Å². The van der Waals surface area contributed by atoms with Crippen LogP contribution in [0.1, 0.15) is 58.3 Å². The Hall–Kier alpha value is -0.0800. The Kier molecular flexibility index (Phi) is 2.74. The lowest BCUT2D eigenvalue weighted by atomic mass is 9.51. The fourth-order valence-corrected chi connectivity index (χ4v) is 4.47. The summed E-state index contributed by atoms with van der Waals surface area (Å²) < 4.78 is 5.96. The van der Waals surface area contributed by atoms with Crippen molar-refractivity contribution >= 4 is 0 Å². The predicted molar refractivity (Wildman–Crippen MR) is 72.5 cm³/mol. The normalized spacial score (nSPS) is 37.7. The van der Waals surface area contributed by atoms with Gasteiger partial charge >= 0.3 is 0 Å². The summed E-state index contributed by atoms with van der Waals surface area (Å²) in [6.45, 7) is 3.04. The number of nitrogens with one attached hydrogen (secondary N) is 1. The van der Waals surface area contributed by atoms with Crippen LogP contribution in [0.5, 0.6) is 0 Å². The van der Waals surface area contributed by atoms with E-state index in [1.54, 1.807) is 0 Å². The summed E-state index contributed by atoms with van der Waals surface area (Å²) >= 11 is 0. The van der Waals surface area contributed by atoms with E-state index in [-0.39, 0.29) is 0 Å². The average molecular weight is 249 g/mol. The highest BCUT2D eigenvalue weighted by atomic mass is 16.5. The highest BCUT2D eigenvalue weighted by Crippen LogP contribution is 2.58. The molecule has 18 heavy (non-hydrogen) atoms. The van der Waals surface area contributed by atoms with E-state index >= 15 is 0 Å². The molecule has 4 aliphatic rings. The molecule has 4 aliphatic carbocycles. The molecule has 4 rings (SSSR count). The maximum atomic E-state index is 5.96. The number of ether oxygens (including phenoxy) is 1. The number of hydrogen-bond acceptors (Lipinski definition) is 2. The molecule has 0 aromatic carbocycles. The molecule has 0 aliphatic heterocycles. The predicted octanol–water partition coefficient (Wildman–Crippen LogP) is 3.11. The van der Waals surface area contributed by atoms with Gasteiger partial charge in [0, 0.05) is 24.1 Å². The first-order chi connectivity index (χ1) is 8.83. The molecule has 0 radical (unpaired) electrons. The molecule has 2 nitrogen and oxygen atoms in total. The Morgan fingerprint density at radius 2 is 1.83 bits per heavy atom. The first-order valence-electron chi connectivity index (χ1n) is 8.21. The largest absolute Gasteiger partial charge is 0.378 e. The van der Waals surface area contributed by atoms with Crippen LogP contribution in [0.25, 0.3) is 0 Å². The second kappa shape index (κ2) is 4.21. The number of rotatable bonds is 6. The highest BCUT2D eigenvalue weighted by molar-refractivity contribution is 5.14. The Morgan fingerprint density at radius 1 is 1.17 bits per heavy atom. The van der Waals surface area contributed by atoms with Gasteiger partial charge < -0.3 is 10.1 Å². The lowest BCUT2D eigenvalue weighted by molar-refractivity contribution is -0.175. The summed E-state index contributed by atoms with van der Waals surface area (Å²) in [5, 5.41) is 4.08. The fraction of sp³-hybridized carbons (Fsp3) is 1.00. The maximum Gasteiger partial charge on any atom is 0.0661 e. The van der Waals surface area contributed by atoms with Gasteiger partial charge in [0.1, 0.15) is 0 Å². The summed E-state index contributed by atoms with van der Waals surface area (Å²) in [7, 11) is 0. The minimum absolute atomic E-state index is 0.554. The van der Waals surface area contributed by atoms with E-state index in [4.69, 9.17) is 4.74 Å². The van der Waals surface area contributed by atoms with Gasteiger partial charge in [0.05, 0.1) is 6.10 Å². The molecule has 1 N–H and O–H groups in total. The van der Waals surface area contributed by atoms with Crippen LogP contribution >= 0.6 is 0 Å². The van der Waals surface area contributed by atoms with Crippen molar-refractivity contribution in [1.29, 1.82) is 0 Å². The first-order valence-corrected chi connectivity index (χ1v) is 8.21. The molecule has 0 saturated heterocycles. The summed E-state index contributed by atoms with van der Waals surface area (Å²) in [5.41, 5.74) is 0.554. The number of hydrogen-bond donors (Lipinski definition) is 1. The van der Waals surface area contributed by atoms with E-state index < -0.39 is 0 Å². The molecule has 2 heteroatoms. The molecular formula is C16H27NO. The van der Waals surface area contributed by atoms with Crippen LogP contribution < -0.4 is 5.32 Å². The van der Waals surface area contributed by atoms with Gasteiger partial charge in [-0.05, 0) is 63.7 Å². The first kappa shape index (κ1) is 11.7. The lowest BCUT2D eigenvalue weighted by Crippen LogP contribution is -2.68. The monoisotopic (exact) mass is 249 g/mol. The van der Waals surface area contributed by atoms with Crippen molar-refractivity contribution in [1.82, 2.24) is 5.32 Å². The fourth-order valence-electron chi connectivity index (χ4n) is 4.47. The van der Waals surface area contributed by atoms with E-state index in [0.29, 0.717) is 11.5 Å². The second-order valence-electron chi connectivity index (χ2n) is 7.19.